The van der Waals surface area contributed by atoms with Crippen molar-refractivity contribution in [2.24, 2.45) is 5.92 Å². The van der Waals surface area contributed by atoms with E-state index in [1.165, 1.54) is 70.6 Å². The van der Waals surface area contributed by atoms with Crippen molar-refractivity contribution in [1.82, 2.24) is 0 Å². The summed E-state index contributed by atoms with van der Waals surface area (Å²) < 4.78 is 0. The van der Waals surface area contributed by atoms with Crippen LogP contribution in [0.2, 0.25) is 0 Å². The van der Waals surface area contributed by atoms with E-state index >= 15 is 0 Å². The van der Waals surface area contributed by atoms with Crippen LogP contribution in [0.4, 0.5) is 0 Å². The quantitative estimate of drug-likeness (QED) is 0.277. The zero-order chi connectivity index (χ0) is 12.1. The maximum absolute atomic E-state index is 3.79. The lowest BCUT2D eigenvalue weighted by atomic mass is 9.99. The molecule has 0 aromatic carbocycles. The van der Waals surface area contributed by atoms with Crippen molar-refractivity contribution in [1.29, 1.82) is 0 Å². The predicted molar refractivity (Wildman–Crippen MR) is 75.8 cm³/mol. The van der Waals surface area contributed by atoms with Crippen LogP contribution in [0.1, 0.15) is 84.5 Å². The second kappa shape index (κ2) is 12.8. The Morgan fingerprint density at radius 3 is 1.88 bits per heavy atom. The fourth-order valence-electron chi connectivity index (χ4n) is 2.21. The normalized spacial score (nSPS) is 12.6. The molecule has 1 atom stereocenters. The van der Waals surface area contributed by atoms with Crippen LogP contribution in [0.3, 0.4) is 0 Å². The first-order valence-corrected chi connectivity index (χ1v) is 7.42. The monoisotopic (exact) mass is 224 g/mol. The van der Waals surface area contributed by atoms with Crippen LogP contribution >= 0.6 is 0 Å². The predicted octanol–water partition coefficient (Wildman–Crippen LogP) is 6.12. The fourth-order valence-corrected chi connectivity index (χ4v) is 2.21. The minimum absolute atomic E-state index is 0.849. The molecule has 0 fully saturated rings. The Labute approximate surface area is 104 Å². The van der Waals surface area contributed by atoms with Crippen LogP contribution in [-0.4, -0.2) is 0 Å². The number of allylic oxidation sites excluding steroid dienone is 1. The molecule has 0 aromatic heterocycles. The molecule has 0 radical (unpaired) electrons. The third-order valence-electron chi connectivity index (χ3n) is 3.37. The maximum atomic E-state index is 3.79. The van der Waals surface area contributed by atoms with Gasteiger partial charge in [0.15, 0.2) is 0 Å². The standard InChI is InChI=1S/C16H32/c1-4-6-7-8-9-10-11-12-13-15-16(3)14-5-2/h5,16H,2,4,6-15H2,1,3H3. The molecule has 0 nitrogen and oxygen atoms in total. The highest BCUT2D eigenvalue weighted by Crippen LogP contribution is 2.15. The van der Waals surface area contributed by atoms with E-state index in [1.807, 2.05) is 0 Å². The van der Waals surface area contributed by atoms with E-state index in [0.717, 1.165) is 5.92 Å². The summed E-state index contributed by atoms with van der Waals surface area (Å²) in [6, 6.07) is 0. The Bertz CT molecular complexity index is 137. The smallest absolute Gasteiger partial charge is 0.0328 e. The first-order chi connectivity index (χ1) is 7.81. The lowest BCUT2D eigenvalue weighted by molar-refractivity contribution is 0.484. The van der Waals surface area contributed by atoms with Gasteiger partial charge in [0.25, 0.3) is 0 Å². The van der Waals surface area contributed by atoms with E-state index < -0.39 is 0 Å². The summed E-state index contributed by atoms with van der Waals surface area (Å²) in [4.78, 5) is 0. The lowest BCUT2D eigenvalue weighted by Crippen LogP contribution is -1.92. The molecule has 0 aliphatic carbocycles. The summed E-state index contributed by atoms with van der Waals surface area (Å²) in [6.45, 7) is 8.42. The van der Waals surface area contributed by atoms with Crippen LogP contribution in [0.25, 0.3) is 0 Å². The minimum atomic E-state index is 0.849. The highest BCUT2D eigenvalue weighted by molar-refractivity contribution is 4.70. The summed E-state index contributed by atoms with van der Waals surface area (Å²) in [6.07, 6.45) is 17.6. The molecule has 0 N–H and O–H groups in total. The van der Waals surface area contributed by atoms with Gasteiger partial charge in [-0.3, -0.25) is 0 Å². The molecular formula is C16H32. The molecule has 96 valence electrons. The third-order valence-corrected chi connectivity index (χ3v) is 3.37. The van der Waals surface area contributed by atoms with Gasteiger partial charge in [0.1, 0.15) is 0 Å². The molecule has 0 rings (SSSR count). The van der Waals surface area contributed by atoms with Crippen molar-refractivity contribution in [2.75, 3.05) is 0 Å². The minimum Gasteiger partial charge on any atom is -0.103 e. The Balaban J connectivity index is 3.00. The molecule has 0 heterocycles. The van der Waals surface area contributed by atoms with Gasteiger partial charge >= 0.3 is 0 Å². The van der Waals surface area contributed by atoms with Crippen LogP contribution < -0.4 is 0 Å². The SMILES string of the molecule is C=CCC(C)CCCCCCCCCCC. The molecule has 0 saturated carbocycles. The first-order valence-electron chi connectivity index (χ1n) is 7.42. The van der Waals surface area contributed by atoms with E-state index in [9.17, 15) is 0 Å². The van der Waals surface area contributed by atoms with Gasteiger partial charge in [-0.25, -0.2) is 0 Å². The van der Waals surface area contributed by atoms with E-state index in [2.05, 4.69) is 26.5 Å². The van der Waals surface area contributed by atoms with Gasteiger partial charge in [-0.1, -0.05) is 84.1 Å². The summed E-state index contributed by atoms with van der Waals surface area (Å²) in [5.74, 6) is 0.849. The van der Waals surface area contributed by atoms with Crippen molar-refractivity contribution in [3.63, 3.8) is 0 Å². The van der Waals surface area contributed by atoms with Gasteiger partial charge in [-0.05, 0) is 12.3 Å². The molecule has 0 bridgehead atoms. The van der Waals surface area contributed by atoms with Crippen molar-refractivity contribution in [3.05, 3.63) is 12.7 Å². The van der Waals surface area contributed by atoms with Crippen molar-refractivity contribution in [3.8, 4) is 0 Å². The molecule has 1 unspecified atom stereocenters. The number of rotatable bonds is 12. The Morgan fingerprint density at radius 2 is 1.38 bits per heavy atom. The molecule has 0 aliphatic heterocycles. The maximum Gasteiger partial charge on any atom is -0.0328 e. The van der Waals surface area contributed by atoms with Gasteiger partial charge in [-0.15, -0.1) is 6.58 Å². The summed E-state index contributed by atoms with van der Waals surface area (Å²) in [7, 11) is 0. The van der Waals surface area contributed by atoms with Gasteiger partial charge < -0.3 is 0 Å². The van der Waals surface area contributed by atoms with Gasteiger partial charge in [0, 0.05) is 0 Å². The summed E-state index contributed by atoms with van der Waals surface area (Å²) in [5, 5.41) is 0. The second-order valence-corrected chi connectivity index (χ2v) is 5.25. The molecular weight excluding hydrogens is 192 g/mol. The molecule has 16 heavy (non-hydrogen) atoms. The summed E-state index contributed by atoms with van der Waals surface area (Å²) >= 11 is 0. The Kier molecular flexibility index (Phi) is 12.6. The molecule has 0 saturated heterocycles. The largest absolute Gasteiger partial charge is 0.103 e. The van der Waals surface area contributed by atoms with E-state index in [-0.39, 0.29) is 0 Å². The molecule has 0 aliphatic rings. The van der Waals surface area contributed by atoms with Crippen LogP contribution in [0.5, 0.6) is 0 Å². The Morgan fingerprint density at radius 1 is 0.875 bits per heavy atom. The van der Waals surface area contributed by atoms with E-state index in [4.69, 9.17) is 0 Å². The lowest BCUT2D eigenvalue weighted by Gasteiger charge is -2.07. The van der Waals surface area contributed by atoms with Crippen LogP contribution in [0, 0.1) is 5.92 Å². The molecule has 0 spiro atoms. The fraction of sp³-hybridized carbons (Fsp3) is 0.875. The topological polar surface area (TPSA) is 0 Å². The summed E-state index contributed by atoms with van der Waals surface area (Å²) in [5.41, 5.74) is 0. The van der Waals surface area contributed by atoms with Crippen molar-refractivity contribution >= 4 is 0 Å². The highest BCUT2D eigenvalue weighted by atomic mass is 14.0. The second-order valence-electron chi connectivity index (χ2n) is 5.25. The number of unbranched alkanes of at least 4 members (excludes halogenated alkanes) is 8. The highest BCUT2D eigenvalue weighted by Gasteiger charge is 1.98. The number of hydrogen-bond donors (Lipinski definition) is 0. The van der Waals surface area contributed by atoms with Crippen molar-refractivity contribution < 1.29 is 0 Å². The number of hydrogen-bond acceptors (Lipinski definition) is 0. The van der Waals surface area contributed by atoms with Crippen molar-refractivity contribution in [2.45, 2.75) is 84.5 Å². The Hall–Kier alpha value is -0.260. The van der Waals surface area contributed by atoms with E-state index in [1.54, 1.807) is 0 Å². The van der Waals surface area contributed by atoms with Crippen LogP contribution in [0.15, 0.2) is 12.7 Å². The average Bonchev–Trinajstić information content (AvgIpc) is 2.27. The molecule has 0 amide bonds. The first kappa shape index (κ1) is 15.7. The van der Waals surface area contributed by atoms with Gasteiger partial charge in [0.2, 0.25) is 0 Å². The van der Waals surface area contributed by atoms with Gasteiger partial charge in [-0.2, -0.15) is 0 Å². The van der Waals surface area contributed by atoms with E-state index in [0.29, 0.717) is 0 Å². The zero-order valence-corrected chi connectivity index (χ0v) is 11.6. The molecule has 0 aromatic rings. The zero-order valence-electron chi connectivity index (χ0n) is 11.6. The average molecular weight is 224 g/mol. The third kappa shape index (κ3) is 11.8. The van der Waals surface area contributed by atoms with Gasteiger partial charge in [0.05, 0.1) is 0 Å². The molecule has 0 heteroatoms. The van der Waals surface area contributed by atoms with Crippen LogP contribution in [-0.2, 0) is 0 Å².